The van der Waals surface area contributed by atoms with Gasteiger partial charge in [-0.3, -0.25) is 24.2 Å². The third-order valence-corrected chi connectivity index (χ3v) is 7.35. The van der Waals surface area contributed by atoms with Gasteiger partial charge in [-0.2, -0.15) is 0 Å². The normalized spacial score (nSPS) is 13.2. The largest absolute Gasteiger partial charge is 0.345 e. The molecule has 10 nitrogen and oxygen atoms in total. The molecule has 1 aliphatic heterocycles. The fraction of sp³-hybridized carbons (Fsp3) is 0.394. The fourth-order valence-electron chi connectivity index (χ4n) is 5.11. The lowest BCUT2D eigenvalue weighted by molar-refractivity contribution is -0.123. The Balaban J connectivity index is 1.49. The quantitative estimate of drug-likeness (QED) is 0.309. The number of likely N-dealkylation sites (N-methyl/N-ethyl adjacent to an activating group) is 1. The zero-order valence-electron chi connectivity index (χ0n) is 25.5. The smallest absolute Gasteiger partial charge is 0.287 e. The predicted octanol–water partition coefficient (Wildman–Crippen LogP) is 3.44. The lowest BCUT2D eigenvalue weighted by Gasteiger charge is -2.17. The van der Waals surface area contributed by atoms with Gasteiger partial charge in [-0.15, -0.1) is 0 Å². The standard InChI is InChI=1S/C33H40N6O4/c1-22(2)18-23-10-8-11-24-19-26(35-30(23)24)21-39-16-9-12-25(33(39)43)20-28(40)27(13-6-7-14-29(41)37(3)4)36-32(42)31-34-15-17-38(31)5/h7-12,14-17,22,27H,6,13,18-21H2,1-5H3,(H,36,42)/b14-7+/t27-/m0/s1. The Labute approximate surface area is 252 Å². The van der Waals surface area contributed by atoms with Crippen molar-refractivity contribution in [2.24, 2.45) is 18.0 Å². The van der Waals surface area contributed by atoms with Crippen molar-refractivity contribution in [3.05, 3.63) is 93.9 Å². The molecule has 2 aromatic heterocycles. The van der Waals surface area contributed by atoms with Crippen LogP contribution in [0.25, 0.3) is 0 Å². The molecule has 1 aliphatic rings. The maximum atomic E-state index is 13.5. The first-order valence-electron chi connectivity index (χ1n) is 14.6. The van der Waals surface area contributed by atoms with Crippen LogP contribution in [0, 0.1) is 5.92 Å². The minimum absolute atomic E-state index is 0.142. The van der Waals surface area contributed by atoms with E-state index in [2.05, 4.69) is 42.3 Å². The zero-order chi connectivity index (χ0) is 31.1. The van der Waals surface area contributed by atoms with Gasteiger partial charge in [0.05, 0.1) is 18.3 Å². The zero-order valence-corrected chi connectivity index (χ0v) is 25.5. The summed E-state index contributed by atoms with van der Waals surface area (Å²) in [4.78, 5) is 62.2. The molecule has 0 saturated carbocycles. The van der Waals surface area contributed by atoms with E-state index in [-0.39, 0.29) is 35.9 Å². The number of hydrogen-bond acceptors (Lipinski definition) is 6. The number of aliphatic imine (C=N–C) groups is 1. The number of carbonyl (C=O) groups excluding carboxylic acids is 3. The number of benzene rings is 1. The fourth-order valence-corrected chi connectivity index (χ4v) is 5.11. The highest BCUT2D eigenvalue weighted by Crippen LogP contribution is 2.32. The average Bonchev–Trinajstić information content (AvgIpc) is 3.58. The highest BCUT2D eigenvalue weighted by molar-refractivity contribution is 5.96. The Hall–Kier alpha value is -4.60. The van der Waals surface area contributed by atoms with Crippen LogP contribution in [-0.4, -0.2) is 62.5 Å². The monoisotopic (exact) mass is 584 g/mol. The minimum atomic E-state index is -0.871. The topological polar surface area (TPSA) is 119 Å². The van der Waals surface area contributed by atoms with E-state index in [1.807, 2.05) is 0 Å². The van der Waals surface area contributed by atoms with E-state index in [1.54, 1.807) is 60.9 Å². The van der Waals surface area contributed by atoms with Gasteiger partial charge in [-0.05, 0) is 48.4 Å². The number of rotatable bonds is 13. The molecule has 0 saturated heterocycles. The van der Waals surface area contributed by atoms with Gasteiger partial charge >= 0.3 is 0 Å². The number of amides is 2. The molecular formula is C33H40N6O4. The van der Waals surface area contributed by atoms with Crippen LogP contribution in [0.3, 0.4) is 0 Å². The van der Waals surface area contributed by atoms with Gasteiger partial charge in [-0.25, -0.2) is 4.98 Å². The number of carbonyl (C=O) groups is 3. The van der Waals surface area contributed by atoms with Crippen molar-refractivity contribution in [2.75, 3.05) is 14.1 Å². The molecule has 3 aromatic rings. The summed E-state index contributed by atoms with van der Waals surface area (Å²) in [6.07, 6.45) is 10.1. The van der Waals surface area contributed by atoms with Crippen LogP contribution < -0.4 is 10.9 Å². The molecule has 4 rings (SSSR count). The SMILES string of the molecule is CC(C)Cc1cccc2c1N=C(Cn1cccc(CC(=O)[C@H](CC/C=C/C(=O)N(C)C)NC(=O)c3nccn3C)c1=O)C2. The van der Waals surface area contributed by atoms with Gasteiger partial charge in [-0.1, -0.05) is 44.2 Å². The van der Waals surface area contributed by atoms with E-state index < -0.39 is 11.9 Å². The first-order chi connectivity index (χ1) is 20.5. The highest BCUT2D eigenvalue weighted by Gasteiger charge is 2.24. The second kappa shape index (κ2) is 14.0. The van der Waals surface area contributed by atoms with Crippen LogP contribution in [0.2, 0.25) is 0 Å². The van der Waals surface area contributed by atoms with Gasteiger partial charge in [0.25, 0.3) is 11.5 Å². The van der Waals surface area contributed by atoms with E-state index in [1.165, 1.54) is 28.3 Å². The van der Waals surface area contributed by atoms with Crippen LogP contribution in [0.5, 0.6) is 0 Å². The number of pyridine rings is 1. The number of nitrogens with one attached hydrogen (secondary N) is 1. The van der Waals surface area contributed by atoms with Crippen molar-refractivity contribution < 1.29 is 14.4 Å². The number of fused-ring (bicyclic) bond motifs is 1. The molecule has 0 bridgehead atoms. The van der Waals surface area contributed by atoms with E-state index in [4.69, 9.17) is 4.99 Å². The lowest BCUT2D eigenvalue weighted by Crippen LogP contribution is -2.43. The predicted molar refractivity (Wildman–Crippen MR) is 167 cm³/mol. The number of hydrogen-bond donors (Lipinski definition) is 1. The molecule has 1 atom stereocenters. The van der Waals surface area contributed by atoms with Gasteiger partial charge in [0.1, 0.15) is 0 Å². The molecule has 226 valence electrons. The average molecular weight is 585 g/mol. The van der Waals surface area contributed by atoms with Crippen molar-refractivity contribution in [1.29, 1.82) is 0 Å². The third kappa shape index (κ3) is 8.03. The maximum Gasteiger partial charge on any atom is 0.287 e. The number of aryl methyl sites for hydroxylation is 1. The minimum Gasteiger partial charge on any atom is -0.345 e. The number of imidazole rings is 1. The summed E-state index contributed by atoms with van der Waals surface area (Å²) in [5.74, 6) is -0.269. The Morgan fingerprint density at radius 1 is 1.09 bits per heavy atom. The number of nitrogens with zero attached hydrogens (tertiary/aromatic N) is 5. The molecule has 0 spiro atoms. The number of para-hydroxylation sites is 1. The molecule has 1 N–H and O–H groups in total. The Morgan fingerprint density at radius 3 is 2.56 bits per heavy atom. The first-order valence-corrected chi connectivity index (χ1v) is 14.6. The molecule has 3 heterocycles. The maximum absolute atomic E-state index is 13.5. The van der Waals surface area contributed by atoms with Crippen molar-refractivity contribution in [2.45, 2.75) is 58.5 Å². The van der Waals surface area contributed by atoms with Crippen molar-refractivity contribution >= 4 is 29.0 Å². The lowest BCUT2D eigenvalue weighted by atomic mass is 9.98. The summed E-state index contributed by atoms with van der Waals surface area (Å²) in [6.45, 7) is 4.70. The van der Waals surface area contributed by atoms with E-state index in [0.29, 0.717) is 30.9 Å². The van der Waals surface area contributed by atoms with Crippen molar-refractivity contribution in [3.63, 3.8) is 0 Å². The molecule has 0 unspecified atom stereocenters. The summed E-state index contributed by atoms with van der Waals surface area (Å²) in [6, 6.07) is 8.79. The molecule has 10 heteroatoms. The van der Waals surface area contributed by atoms with Gasteiger partial charge in [0, 0.05) is 63.9 Å². The van der Waals surface area contributed by atoms with Gasteiger partial charge < -0.3 is 19.4 Å². The van der Waals surface area contributed by atoms with E-state index >= 15 is 0 Å². The molecule has 0 aliphatic carbocycles. The third-order valence-electron chi connectivity index (χ3n) is 7.35. The van der Waals surface area contributed by atoms with Crippen LogP contribution in [0.4, 0.5) is 5.69 Å². The molecule has 2 amide bonds. The Kier molecular flexibility index (Phi) is 10.2. The highest BCUT2D eigenvalue weighted by atomic mass is 16.2. The van der Waals surface area contributed by atoms with Crippen LogP contribution >= 0.6 is 0 Å². The summed E-state index contributed by atoms with van der Waals surface area (Å²) in [5, 5.41) is 2.78. The summed E-state index contributed by atoms with van der Waals surface area (Å²) < 4.78 is 3.16. The molecular weight excluding hydrogens is 544 g/mol. The van der Waals surface area contributed by atoms with E-state index in [9.17, 15) is 19.2 Å². The molecule has 0 fully saturated rings. The Morgan fingerprint density at radius 2 is 1.86 bits per heavy atom. The number of aromatic nitrogens is 3. The number of ketones is 1. The van der Waals surface area contributed by atoms with Crippen molar-refractivity contribution in [3.8, 4) is 0 Å². The first kappa shape index (κ1) is 31.3. The van der Waals surface area contributed by atoms with Crippen LogP contribution in [0.1, 0.15) is 54.0 Å². The Bertz CT molecular complexity index is 1610. The molecule has 1 aromatic carbocycles. The summed E-state index contributed by atoms with van der Waals surface area (Å²) in [5.41, 5.74) is 4.38. The van der Waals surface area contributed by atoms with Crippen LogP contribution in [-0.2, 0) is 42.4 Å². The van der Waals surface area contributed by atoms with Crippen LogP contribution in [0.15, 0.2) is 70.9 Å². The van der Waals surface area contributed by atoms with Gasteiger partial charge in [0.15, 0.2) is 11.6 Å². The second-order valence-electron chi connectivity index (χ2n) is 11.6. The van der Waals surface area contributed by atoms with Crippen molar-refractivity contribution in [1.82, 2.24) is 24.3 Å². The number of allylic oxidation sites excluding steroid dienone is 1. The summed E-state index contributed by atoms with van der Waals surface area (Å²) in [7, 11) is 5.00. The summed E-state index contributed by atoms with van der Waals surface area (Å²) >= 11 is 0. The molecule has 0 radical (unpaired) electrons. The molecule has 43 heavy (non-hydrogen) atoms. The second-order valence-corrected chi connectivity index (χ2v) is 11.6. The van der Waals surface area contributed by atoms with Gasteiger partial charge in [0.2, 0.25) is 5.91 Å². The van der Waals surface area contributed by atoms with E-state index in [0.717, 1.165) is 17.8 Å². The number of Topliss-reactive ketones (excluding diaryl/α,β-unsaturated/α-hetero) is 1.